The molecule has 3 rings (SSSR count). The lowest BCUT2D eigenvalue weighted by molar-refractivity contribution is -0.147. The standard InChI is InChI=1S/C28H36BNO7/c1-26(2,3)35-25(33)30-23(24(32)34-18-19-11-9-8-10-12-19)16-20-13-14-22(21(15-20)17-31)29-36-27(4,5)28(6,7)37-29/h8-15,17,23H,16,18H2,1-7H3,(H,30,33). The minimum atomic E-state index is -1.03. The summed E-state index contributed by atoms with van der Waals surface area (Å²) in [5, 5.41) is 2.61. The third-order valence-corrected chi connectivity index (χ3v) is 6.42. The topological polar surface area (TPSA) is 100 Å². The maximum atomic E-state index is 13.0. The number of nitrogens with one attached hydrogen (secondary N) is 1. The number of carbonyl (C=O) groups is 3. The zero-order valence-corrected chi connectivity index (χ0v) is 22.6. The second-order valence-electron chi connectivity index (χ2n) is 11.2. The first-order valence-electron chi connectivity index (χ1n) is 12.3. The average molecular weight is 509 g/mol. The number of rotatable bonds is 8. The zero-order chi connectivity index (χ0) is 27.4. The predicted octanol–water partition coefficient (Wildman–Crippen LogP) is 3.98. The quantitative estimate of drug-likeness (QED) is 0.327. The molecule has 1 heterocycles. The third-order valence-electron chi connectivity index (χ3n) is 6.42. The molecule has 9 heteroatoms. The summed E-state index contributed by atoms with van der Waals surface area (Å²) >= 11 is 0. The van der Waals surface area contributed by atoms with Crippen LogP contribution in [0.4, 0.5) is 4.79 Å². The smallest absolute Gasteiger partial charge is 0.459 e. The third kappa shape index (κ3) is 7.43. The fraction of sp³-hybridized carbons (Fsp3) is 0.464. The van der Waals surface area contributed by atoms with E-state index in [1.54, 1.807) is 39.0 Å². The number of carbonyl (C=O) groups excluding carboxylic acids is 3. The van der Waals surface area contributed by atoms with Crippen LogP contribution in [0, 0.1) is 0 Å². The molecule has 0 saturated carbocycles. The van der Waals surface area contributed by atoms with Crippen molar-refractivity contribution in [2.24, 2.45) is 0 Å². The van der Waals surface area contributed by atoms with E-state index in [9.17, 15) is 14.4 Å². The van der Waals surface area contributed by atoms with Crippen LogP contribution in [-0.4, -0.2) is 48.3 Å². The molecule has 37 heavy (non-hydrogen) atoms. The molecule has 1 N–H and O–H groups in total. The summed E-state index contributed by atoms with van der Waals surface area (Å²) in [5.41, 5.74) is 0.605. The van der Waals surface area contributed by atoms with Crippen molar-refractivity contribution in [2.45, 2.75) is 84.3 Å². The van der Waals surface area contributed by atoms with Crippen molar-refractivity contribution in [3.8, 4) is 0 Å². The molecule has 0 bridgehead atoms. The number of alkyl carbamates (subject to hydrolysis) is 1. The van der Waals surface area contributed by atoms with Crippen molar-refractivity contribution in [3.05, 3.63) is 65.2 Å². The van der Waals surface area contributed by atoms with Gasteiger partial charge < -0.3 is 24.1 Å². The minimum absolute atomic E-state index is 0.0621. The normalized spacial score (nSPS) is 17.1. The lowest BCUT2D eigenvalue weighted by atomic mass is 9.75. The Morgan fingerprint density at radius 1 is 1.00 bits per heavy atom. The first-order chi connectivity index (χ1) is 17.2. The summed E-state index contributed by atoms with van der Waals surface area (Å²) in [6.07, 6.45) is 0.0873. The van der Waals surface area contributed by atoms with Gasteiger partial charge in [-0.25, -0.2) is 9.59 Å². The van der Waals surface area contributed by atoms with Gasteiger partial charge in [-0.3, -0.25) is 4.79 Å². The zero-order valence-electron chi connectivity index (χ0n) is 22.6. The van der Waals surface area contributed by atoms with Crippen LogP contribution in [0.2, 0.25) is 0 Å². The Morgan fingerprint density at radius 2 is 1.62 bits per heavy atom. The van der Waals surface area contributed by atoms with E-state index in [1.807, 2.05) is 58.0 Å². The molecule has 0 aliphatic carbocycles. The summed E-state index contributed by atoms with van der Waals surface area (Å²) < 4.78 is 23.0. The number of ether oxygens (including phenoxy) is 2. The fourth-order valence-corrected chi connectivity index (χ4v) is 3.75. The number of amides is 1. The summed E-state index contributed by atoms with van der Waals surface area (Å²) in [7, 11) is -0.703. The van der Waals surface area contributed by atoms with E-state index in [0.29, 0.717) is 16.6 Å². The van der Waals surface area contributed by atoms with Gasteiger partial charge in [-0.1, -0.05) is 42.5 Å². The van der Waals surface area contributed by atoms with Gasteiger partial charge in [0.25, 0.3) is 0 Å². The molecule has 0 radical (unpaired) electrons. The van der Waals surface area contributed by atoms with E-state index < -0.39 is 42.0 Å². The highest BCUT2D eigenvalue weighted by Crippen LogP contribution is 2.36. The van der Waals surface area contributed by atoms with Crippen LogP contribution < -0.4 is 10.8 Å². The van der Waals surface area contributed by atoms with Crippen LogP contribution in [0.15, 0.2) is 48.5 Å². The minimum Gasteiger partial charge on any atom is -0.459 e. The van der Waals surface area contributed by atoms with Crippen molar-refractivity contribution in [3.63, 3.8) is 0 Å². The van der Waals surface area contributed by atoms with Crippen LogP contribution in [-0.2, 0) is 36.6 Å². The molecule has 2 aromatic rings. The Kier molecular flexibility index (Phi) is 8.50. The van der Waals surface area contributed by atoms with E-state index in [0.717, 1.165) is 11.8 Å². The Bertz CT molecular complexity index is 1110. The highest BCUT2D eigenvalue weighted by Gasteiger charge is 2.52. The summed E-state index contributed by atoms with van der Waals surface area (Å²) in [6, 6.07) is 13.4. The molecule has 1 saturated heterocycles. The Balaban J connectivity index is 1.80. The van der Waals surface area contributed by atoms with Gasteiger partial charge in [0.15, 0.2) is 0 Å². The molecule has 1 fully saturated rings. The van der Waals surface area contributed by atoms with Gasteiger partial charge in [-0.15, -0.1) is 0 Å². The second kappa shape index (κ2) is 11.1. The Labute approximate surface area is 219 Å². The van der Waals surface area contributed by atoms with Crippen LogP contribution in [0.3, 0.4) is 0 Å². The molecular weight excluding hydrogens is 473 g/mol. The molecule has 1 aliphatic rings. The molecule has 0 aromatic heterocycles. The summed E-state index contributed by atoms with van der Waals surface area (Å²) in [4.78, 5) is 37.5. The van der Waals surface area contributed by atoms with Crippen molar-refractivity contribution in [2.75, 3.05) is 0 Å². The van der Waals surface area contributed by atoms with Crippen molar-refractivity contribution in [1.29, 1.82) is 0 Å². The highest BCUT2D eigenvalue weighted by molar-refractivity contribution is 6.63. The first-order valence-corrected chi connectivity index (χ1v) is 12.3. The van der Waals surface area contributed by atoms with Crippen LogP contribution >= 0.6 is 0 Å². The largest absolute Gasteiger partial charge is 0.495 e. The first kappa shape index (κ1) is 28.4. The van der Waals surface area contributed by atoms with E-state index in [-0.39, 0.29) is 13.0 Å². The average Bonchev–Trinajstić information content (AvgIpc) is 3.02. The Hall–Kier alpha value is -3.17. The van der Waals surface area contributed by atoms with E-state index in [1.165, 1.54) is 0 Å². The van der Waals surface area contributed by atoms with E-state index in [2.05, 4.69) is 5.32 Å². The lowest BCUT2D eigenvalue weighted by Crippen LogP contribution is -2.45. The number of hydrogen-bond acceptors (Lipinski definition) is 7. The number of aldehydes is 1. The van der Waals surface area contributed by atoms with Gasteiger partial charge in [-0.2, -0.15) is 0 Å². The maximum Gasteiger partial charge on any atom is 0.495 e. The molecule has 198 valence electrons. The van der Waals surface area contributed by atoms with Gasteiger partial charge in [0.1, 0.15) is 24.5 Å². The van der Waals surface area contributed by atoms with Gasteiger partial charge in [0, 0.05) is 12.0 Å². The van der Waals surface area contributed by atoms with Crippen LogP contribution in [0.5, 0.6) is 0 Å². The van der Waals surface area contributed by atoms with Gasteiger partial charge >= 0.3 is 19.2 Å². The Morgan fingerprint density at radius 3 is 2.19 bits per heavy atom. The molecular formula is C28H36BNO7. The molecule has 1 amide bonds. The molecule has 1 aliphatic heterocycles. The predicted molar refractivity (Wildman–Crippen MR) is 141 cm³/mol. The molecule has 0 spiro atoms. The van der Waals surface area contributed by atoms with Gasteiger partial charge in [0.2, 0.25) is 0 Å². The van der Waals surface area contributed by atoms with Gasteiger partial charge in [0.05, 0.1) is 11.2 Å². The second-order valence-corrected chi connectivity index (χ2v) is 11.2. The van der Waals surface area contributed by atoms with Gasteiger partial charge in [-0.05, 0) is 71.1 Å². The van der Waals surface area contributed by atoms with Crippen LogP contribution in [0.25, 0.3) is 0 Å². The SMILES string of the molecule is CC(C)(C)OC(=O)NC(Cc1ccc(B2OC(C)(C)C(C)(C)O2)c(C=O)c1)C(=O)OCc1ccccc1. The van der Waals surface area contributed by atoms with E-state index >= 15 is 0 Å². The van der Waals surface area contributed by atoms with Crippen molar-refractivity contribution in [1.82, 2.24) is 5.32 Å². The van der Waals surface area contributed by atoms with Crippen molar-refractivity contribution >= 4 is 30.9 Å². The monoisotopic (exact) mass is 509 g/mol. The molecule has 1 unspecified atom stereocenters. The maximum absolute atomic E-state index is 13.0. The summed E-state index contributed by atoms with van der Waals surface area (Å²) in [6.45, 7) is 13.0. The molecule has 2 aromatic carbocycles. The van der Waals surface area contributed by atoms with Crippen molar-refractivity contribution < 1.29 is 33.2 Å². The number of benzene rings is 2. The fourth-order valence-electron chi connectivity index (χ4n) is 3.75. The summed E-state index contributed by atoms with van der Waals surface area (Å²) in [5.74, 6) is -0.614. The molecule has 8 nitrogen and oxygen atoms in total. The highest BCUT2D eigenvalue weighted by atomic mass is 16.7. The van der Waals surface area contributed by atoms with Crippen LogP contribution in [0.1, 0.15) is 70.0 Å². The molecule has 1 atom stereocenters. The lowest BCUT2D eigenvalue weighted by Gasteiger charge is -2.32. The number of hydrogen-bond donors (Lipinski definition) is 1. The van der Waals surface area contributed by atoms with E-state index in [4.69, 9.17) is 18.8 Å². The number of esters is 1.